The quantitative estimate of drug-likeness (QED) is 0.724. The van der Waals surface area contributed by atoms with E-state index in [1.165, 1.54) is 6.33 Å². The lowest BCUT2D eigenvalue weighted by molar-refractivity contribution is 0.111. The third kappa shape index (κ3) is 3.14. The SMILES string of the molecule is CCCn1ncnc1COc1cc(OC)ccc1C=O. The van der Waals surface area contributed by atoms with E-state index < -0.39 is 0 Å². The molecule has 6 nitrogen and oxygen atoms in total. The molecule has 0 saturated heterocycles. The van der Waals surface area contributed by atoms with Crippen molar-refractivity contribution in [3.8, 4) is 11.5 Å². The Morgan fingerprint density at radius 1 is 1.40 bits per heavy atom. The lowest BCUT2D eigenvalue weighted by Gasteiger charge is -2.10. The highest BCUT2D eigenvalue weighted by Gasteiger charge is 2.08. The molecule has 0 spiro atoms. The Kier molecular flexibility index (Phi) is 4.70. The van der Waals surface area contributed by atoms with E-state index in [2.05, 4.69) is 17.0 Å². The van der Waals surface area contributed by atoms with Gasteiger partial charge in [-0.3, -0.25) is 4.79 Å². The molecule has 0 N–H and O–H groups in total. The van der Waals surface area contributed by atoms with Crippen LogP contribution >= 0.6 is 0 Å². The number of carbonyl (C=O) groups excluding carboxylic acids is 1. The van der Waals surface area contributed by atoms with E-state index >= 15 is 0 Å². The first-order chi connectivity index (χ1) is 9.78. The molecule has 1 aromatic carbocycles. The van der Waals surface area contributed by atoms with Gasteiger partial charge in [-0.05, 0) is 18.6 Å². The molecule has 0 radical (unpaired) electrons. The molecule has 0 unspecified atom stereocenters. The first kappa shape index (κ1) is 14.0. The van der Waals surface area contributed by atoms with Gasteiger partial charge in [-0.2, -0.15) is 5.10 Å². The molecule has 2 rings (SSSR count). The second kappa shape index (κ2) is 6.70. The second-order valence-electron chi connectivity index (χ2n) is 4.21. The van der Waals surface area contributed by atoms with E-state index in [0.29, 0.717) is 17.1 Å². The fourth-order valence-corrected chi connectivity index (χ4v) is 1.80. The maximum absolute atomic E-state index is 11.0. The maximum Gasteiger partial charge on any atom is 0.164 e. The van der Waals surface area contributed by atoms with Gasteiger partial charge in [0.2, 0.25) is 0 Å². The minimum absolute atomic E-state index is 0.258. The average molecular weight is 275 g/mol. The Bertz CT molecular complexity index is 581. The number of aryl methyl sites for hydroxylation is 1. The number of hydrogen-bond acceptors (Lipinski definition) is 5. The first-order valence-electron chi connectivity index (χ1n) is 6.41. The van der Waals surface area contributed by atoms with Crippen LogP contribution in [0.4, 0.5) is 0 Å². The number of aromatic nitrogens is 3. The van der Waals surface area contributed by atoms with Crippen LogP contribution in [0.1, 0.15) is 29.5 Å². The van der Waals surface area contributed by atoms with Crippen LogP contribution in [0.2, 0.25) is 0 Å². The molecule has 106 valence electrons. The van der Waals surface area contributed by atoms with Gasteiger partial charge in [0.25, 0.3) is 0 Å². The molecular weight excluding hydrogens is 258 g/mol. The summed E-state index contributed by atoms with van der Waals surface area (Å²) in [5.41, 5.74) is 0.479. The monoisotopic (exact) mass is 275 g/mol. The Labute approximate surface area is 117 Å². The molecule has 1 heterocycles. The van der Waals surface area contributed by atoms with Gasteiger partial charge in [-0.1, -0.05) is 6.92 Å². The summed E-state index contributed by atoms with van der Waals surface area (Å²) in [4.78, 5) is 15.2. The van der Waals surface area contributed by atoms with E-state index in [9.17, 15) is 4.79 Å². The first-order valence-corrected chi connectivity index (χ1v) is 6.41. The summed E-state index contributed by atoms with van der Waals surface area (Å²) in [6.07, 6.45) is 3.22. The van der Waals surface area contributed by atoms with Crippen LogP contribution < -0.4 is 9.47 Å². The zero-order valence-corrected chi connectivity index (χ0v) is 11.6. The van der Waals surface area contributed by atoms with Gasteiger partial charge in [0.15, 0.2) is 12.1 Å². The third-order valence-electron chi connectivity index (χ3n) is 2.84. The molecule has 0 atom stereocenters. The van der Waals surface area contributed by atoms with Gasteiger partial charge < -0.3 is 9.47 Å². The standard InChI is InChI=1S/C14H17N3O3/c1-3-6-17-14(15-10-16-17)9-20-13-7-12(19-2)5-4-11(13)8-18/h4-5,7-8,10H,3,6,9H2,1-2H3. The minimum Gasteiger partial charge on any atom is -0.497 e. The summed E-state index contributed by atoms with van der Waals surface area (Å²) in [6.45, 7) is 3.12. The highest BCUT2D eigenvalue weighted by atomic mass is 16.5. The second-order valence-corrected chi connectivity index (χ2v) is 4.21. The van der Waals surface area contributed by atoms with Crippen molar-refractivity contribution in [3.63, 3.8) is 0 Å². The summed E-state index contributed by atoms with van der Waals surface area (Å²) in [6, 6.07) is 5.07. The fraction of sp³-hybridized carbons (Fsp3) is 0.357. The van der Waals surface area contributed by atoms with E-state index in [1.54, 1.807) is 30.0 Å². The van der Waals surface area contributed by atoms with Crippen LogP contribution in [-0.4, -0.2) is 28.2 Å². The van der Waals surface area contributed by atoms with Gasteiger partial charge in [-0.25, -0.2) is 9.67 Å². The number of rotatable bonds is 7. The van der Waals surface area contributed by atoms with Crippen molar-refractivity contribution >= 4 is 6.29 Å². The summed E-state index contributed by atoms with van der Waals surface area (Å²) in [5, 5.41) is 4.13. The van der Waals surface area contributed by atoms with Crippen molar-refractivity contribution in [2.24, 2.45) is 0 Å². The molecule has 0 aliphatic rings. The highest BCUT2D eigenvalue weighted by molar-refractivity contribution is 5.79. The molecule has 1 aromatic heterocycles. The van der Waals surface area contributed by atoms with E-state index in [4.69, 9.17) is 9.47 Å². The largest absolute Gasteiger partial charge is 0.497 e. The zero-order chi connectivity index (χ0) is 14.4. The third-order valence-corrected chi connectivity index (χ3v) is 2.84. The van der Waals surface area contributed by atoms with Crippen molar-refractivity contribution < 1.29 is 14.3 Å². The predicted molar refractivity (Wildman–Crippen MR) is 73.0 cm³/mol. The van der Waals surface area contributed by atoms with Gasteiger partial charge in [0.05, 0.1) is 12.7 Å². The Morgan fingerprint density at radius 3 is 2.95 bits per heavy atom. The topological polar surface area (TPSA) is 66.2 Å². The van der Waals surface area contributed by atoms with Gasteiger partial charge in [0, 0.05) is 12.6 Å². The number of nitrogens with zero attached hydrogens (tertiary/aromatic N) is 3. The van der Waals surface area contributed by atoms with Crippen molar-refractivity contribution in [1.82, 2.24) is 14.8 Å². The van der Waals surface area contributed by atoms with Crippen LogP contribution in [-0.2, 0) is 13.2 Å². The summed E-state index contributed by atoms with van der Waals surface area (Å²) in [7, 11) is 1.57. The normalized spacial score (nSPS) is 10.3. The van der Waals surface area contributed by atoms with E-state index in [1.807, 2.05) is 0 Å². The number of ether oxygens (including phenoxy) is 2. The molecule has 6 heteroatoms. The predicted octanol–water partition coefficient (Wildman–Crippen LogP) is 2.09. The van der Waals surface area contributed by atoms with Gasteiger partial charge in [0.1, 0.15) is 24.4 Å². The van der Waals surface area contributed by atoms with Crippen molar-refractivity contribution in [2.75, 3.05) is 7.11 Å². The Morgan fingerprint density at radius 2 is 2.25 bits per heavy atom. The van der Waals surface area contributed by atoms with E-state index in [-0.39, 0.29) is 6.61 Å². The number of hydrogen-bond donors (Lipinski definition) is 0. The summed E-state index contributed by atoms with van der Waals surface area (Å²) >= 11 is 0. The molecule has 0 fully saturated rings. The van der Waals surface area contributed by atoms with Crippen molar-refractivity contribution in [2.45, 2.75) is 26.5 Å². The zero-order valence-electron chi connectivity index (χ0n) is 11.6. The Balaban J connectivity index is 2.13. The molecule has 0 saturated carbocycles. The molecule has 20 heavy (non-hydrogen) atoms. The van der Waals surface area contributed by atoms with E-state index in [0.717, 1.165) is 25.1 Å². The fourth-order valence-electron chi connectivity index (χ4n) is 1.80. The maximum atomic E-state index is 11.0. The van der Waals surface area contributed by atoms with Gasteiger partial charge >= 0.3 is 0 Å². The van der Waals surface area contributed by atoms with Crippen LogP contribution in [0.3, 0.4) is 0 Å². The van der Waals surface area contributed by atoms with Crippen LogP contribution in [0.5, 0.6) is 11.5 Å². The molecule has 0 amide bonds. The lowest BCUT2D eigenvalue weighted by Crippen LogP contribution is -2.09. The average Bonchev–Trinajstić information content (AvgIpc) is 2.92. The Hall–Kier alpha value is -2.37. The number of methoxy groups -OCH3 is 1. The highest BCUT2D eigenvalue weighted by Crippen LogP contribution is 2.24. The van der Waals surface area contributed by atoms with Crippen LogP contribution in [0.25, 0.3) is 0 Å². The van der Waals surface area contributed by atoms with Crippen LogP contribution in [0, 0.1) is 0 Å². The number of benzene rings is 1. The van der Waals surface area contributed by atoms with Crippen molar-refractivity contribution in [1.29, 1.82) is 0 Å². The molecular formula is C14H17N3O3. The summed E-state index contributed by atoms with van der Waals surface area (Å²) in [5.74, 6) is 1.84. The molecule has 0 aliphatic heterocycles. The molecule has 0 aliphatic carbocycles. The lowest BCUT2D eigenvalue weighted by atomic mass is 10.2. The summed E-state index contributed by atoms with van der Waals surface area (Å²) < 4.78 is 12.6. The smallest absolute Gasteiger partial charge is 0.164 e. The number of carbonyl (C=O) groups is 1. The van der Waals surface area contributed by atoms with Gasteiger partial charge in [-0.15, -0.1) is 0 Å². The van der Waals surface area contributed by atoms with Crippen molar-refractivity contribution in [3.05, 3.63) is 35.9 Å². The molecule has 2 aromatic rings. The van der Waals surface area contributed by atoms with Crippen LogP contribution in [0.15, 0.2) is 24.5 Å². The number of aldehydes is 1. The minimum atomic E-state index is 0.258. The molecule has 0 bridgehead atoms.